The lowest BCUT2D eigenvalue weighted by Crippen LogP contribution is -2.61. The lowest BCUT2D eigenvalue weighted by atomic mass is 9.72. The van der Waals surface area contributed by atoms with E-state index in [9.17, 15) is 44.3 Å². The number of fused-ring (bicyclic) bond motifs is 2. The van der Waals surface area contributed by atoms with Crippen LogP contribution in [0.4, 0.5) is 39.5 Å². The summed E-state index contributed by atoms with van der Waals surface area (Å²) < 4.78 is 136. The Bertz CT molecular complexity index is 704. The molecule has 0 saturated heterocycles. The van der Waals surface area contributed by atoms with Gasteiger partial charge in [0.25, 0.3) is 5.60 Å². The number of hydrogen-bond donors (Lipinski definition) is 0. The molecule has 5 atom stereocenters. The molecule has 2 aliphatic rings. The van der Waals surface area contributed by atoms with Crippen LogP contribution in [0.5, 0.6) is 0 Å². The Balaban J connectivity index is 2.35. The summed E-state index contributed by atoms with van der Waals surface area (Å²) in [5, 5.41) is 0. The molecule has 0 N–H and O–H groups in total. The van der Waals surface area contributed by atoms with Crippen molar-refractivity contribution in [1.29, 1.82) is 0 Å². The Morgan fingerprint density at radius 3 is 1.91 bits per heavy atom. The van der Waals surface area contributed by atoms with E-state index in [-0.39, 0.29) is 19.3 Å². The molecular weight excluding hydrogens is 475 g/mol. The first-order valence-electron chi connectivity index (χ1n) is 10.3. The van der Waals surface area contributed by atoms with Crippen LogP contribution in [0.1, 0.15) is 52.9 Å². The molecule has 0 radical (unpaired) electrons. The predicted octanol–water partition coefficient (Wildman–Crippen LogP) is 6.19. The fourth-order valence-electron chi connectivity index (χ4n) is 5.15. The third-order valence-electron chi connectivity index (χ3n) is 7.27. The van der Waals surface area contributed by atoms with E-state index in [1.54, 1.807) is 0 Å². The first-order valence-corrected chi connectivity index (χ1v) is 10.3. The molecule has 0 amide bonds. The molecule has 2 rings (SSSR count). The first-order chi connectivity index (χ1) is 14.8. The molecule has 13 heteroatoms. The minimum Gasteiger partial charge on any atom is -0.458 e. The highest BCUT2D eigenvalue weighted by atomic mass is 19.4. The van der Waals surface area contributed by atoms with Gasteiger partial charge >= 0.3 is 24.5 Å². The van der Waals surface area contributed by atoms with Crippen molar-refractivity contribution in [3.05, 3.63) is 0 Å². The van der Waals surface area contributed by atoms with E-state index in [2.05, 4.69) is 9.47 Å². The zero-order valence-corrected chi connectivity index (χ0v) is 18.5. The van der Waals surface area contributed by atoms with Crippen molar-refractivity contribution in [2.24, 2.45) is 23.2 Å². The molecule has 33 heavy (non-hydrogen) atoms. The summed E-state index contributed by atoms with van der Waals surface area (Å²) >= 11 is 0. The van der Waals surface area contributed by atoms with E-state index < -0.39 is 78.5 Å². The van der Waals surface area contributed by atoms with Crippen molar-refractivity contribution in [2.75, 3.05) is 13.9 Å². The second kappa shape index (κ2) is 8.76. The number of hydrogen-bond acceptors (Lipinski definition) is 4. The van der Waals surface area contributed by atoms with E-state index in [0.717, 1.165) is 14.0 Å². The number of carbonyl (C=O) groups is 1. The van der Waals surface area contributed by atoms with Gasteiger partial charge in [0.1, 0.15) is 12.4 Å². The zero-order valence-electron chi connectivity index (χ0n) is 18.5. The average Bonchev–Trinajstić information content (AvgIpc) is 3.17. The van der Waals surface area contributed by atoms with E-state index in [4.69, 9.17) is 4.74 Å². The van der Waals surface area contributed by atoms with Crippen molar-refractivity contribution in [2.45, 2.75) is 82.6 Å². The monoisotopic (exact) mass is 502 g/mol. The Hall–Kier alpha value is -1.24. The lowest BCUT2D eigenvalue weighted by Gasteiger charge is -2.44. The van der Waals surface area contributed by atoms with Crippen LogP contribution in [0.3, 0.4) is 0 Å². The molecule has 2 bridgehead atoms. The normalized spacial score (nSPS) is 30.4. The van der Waals surface area contributed by atoms with E-state index in [1.165, 1.54) is 6.92 Å². The lowest BCUT2D eigenvalue weighted by molar-refractivity contribution is -0.397. The van der Waals surface area contributed by atoms with Gasteiger partial charge in [0.2, 0.25) is 0 Å². The number of halogens is 9. The molecule has 2 saturated carbocycles. The summed E-state index contributed by atoms with van der Waals surface area (Å²) in [7, 11) is 0.872. The van der Waals surface area contributed by atoms with Gasteiger partial charge in [-0.05, 0) is 57.8 Å². The average molecular weight is 502 g/mol. The topological polar surface area (TPSA) is 44.8 Å². The van der Waals surface area contributed by atoms with Gasteiger partial charge in [-0.15, -0.1) is 0 Å². The quantitative estimate of drug-likeness (QED) is 0.226. The van der Waals surface area contributed by atoms with Crippen LogP contribution in [-0.4, -0.2) is 49.6 Å². The molecule has 194 valence electrons. The van der Waals surface area contributed by atoms with Crippen molar-refractivity contribution >= 4 is 5.97 Å². The van der Waals surface area contributed by atoms with E-state index in [0.29, 0.717) is 6.92 Å². The van der Waals surface area contributed by atoms with Crippen LogP contribution >= 0.6 is 0 Å². The van der Waals surface area contributed by atoms with E-state index in [1.807, 2.05) is 0 Å². The van der Waals surface area contributed by atoms with Crippen molar-refractivity contribution in [3.63, 3.8) is 0 Å². The third kappa shape index (κ3) is 4.81. The zero-order chi connectivity index (χ0) is 25.7. The van der Waals surface area contributed by atoms with Crippen LogP contribution in [0.15, 0.2) is 0 Å². The van der Waals surface area contributed by atoms with Gasteiger partial charge in [0.05, 0.1) is 0 Å². The fraction of sp³-hybridized carbons (Fsp3) is 0.950. The summed E-state index contributed by atoms with van der Waals surface area (Å²) in [5.41, 5.74) is -9.01. The standard InChI is InChI=1S/C20H27F9O4/c1-5-15(2,18(21,22)23)14(30)33-16(3)8-11-6-12(13(16)7-11)9-17(19(24,25)26,20(27,28)29)32-10-31-4/h11-13H,5-10H2,1-4H3. The number of ether oxygens (including phenoxy) is 3. The summed E-state index contributed by atoms with van der Waals surface area (Å²) in [6, 6.07) is 0. The maximum atomic E-state index is 13.7. The van der Waals surface area contributed by atoms with Crippen molar-refractivity contribution < 1.29 is 58.5 Å². The summed E-state index contributed by atoms with van der Waals surface area (Å²) in [4.78, 5) is 12.5. The highest BCUT2D eigenvalue weighted by Crippen LogP contribution is 2.61. The van der Waals surface area contributed by atoms with Gasteiger partial charge in [-0.3, -0.25) is 4.79 Å². The number of rotatable bonds is 8. The Morgan fingerprint density at radius 2 is 1.52 bits per heavy atom. The minimum atomic E-state index is -5.84. The molecule has 0 spiro atoms. The SMILES string of the molecule is CCC(C)(C(=O)OC1(C)CC2CC(CC(OCOC)(C(F)(F)F)C(F)(F)F)C1C2)C(F)(F)F. The molecule has 0 aromatic carbocycles. The maximum absolute atomic E-state index is 13.7. The third-order valence-corrected chi connectivity index (χ3v) is 7.27. The molecule has 2 fully saturated rings. The van der Waals surface area contributed by atoms with Crippen LogP contribution in [0.25, 0.3) is 0 Å². The fourth-order valence-corrected chi connectivity index (χ4v) is 5.15. The molecular formula is C20H27F9O4. The Labute approximate surface area is 185 Å². The highest BCUT2D eigenvalue weighted by molar-refractivity contribution is 5.78. The number of methoxy groups -OCH3 is 1. The largest absolute Gasteiger partial charge is 0.458 e. The van der Waals surface area contributed by atoms with Gasteiger partial charge in [-0.25, -0.2) is 0 Å². The van der Waals surface area contributed by atoms with Gasteiger partial charge in [0, 0.05) is 13.0 Å². The van der Waals surface area contributed by atoms with Crippen LogP contribution in [0.2, 0.25) is 0 Å². The van der Waals surface area contributed by atoms with Gasteiger partial charge in [-0.2, -0.15) is 39.5 Å². The maximum Gasteiger partial charge on any atom is 0.426 e. The molecule has 0 aliphatic heterocycles. The van der Waals surface area contributed by atoms with Gasteiger partial charge in [-0.1, -0.05) is 6.92 Å². The molecule has 4 nitrogen and oxygen atoms in total. The van der Waals surface area contributed by atoms with Crippen molar-refractivity contribution in [1.82, 2.24) is 0 Å². The number of esters is 1. The van der Waals surface area contributed by atoms with Crippen LogP contribution < -0.4 is 0 Å². The summed E-state index contributed by atoms with van der Waals surface area (Å²) in [5.74, 6) is -4.23. The summed E-state index contributed by atoms with van der Waals surface area (Å²) in [6.07, 6.45) is -18.6. The second-order valence-corrected chi connectivity index (χ2v) is 9.37. The number of carbonyl (C=O) groups excluding carboxylic acids is 1. The Kier molecular flexibility index (Phi) is 7.43. The minimum absolute atomic E-state index is 0.0215. The molecule has 0 heterocycles. The van der Waals surface area contributed by atoms with Gasteiger partial charge in [0.15, 0.2) is 5.41 Å². The smallest absolute Gasteiger partial charge is 0.426 e. The van der Waals surface area contributed by atoms with Crippen LogP contribution in [-0.2, 0) is 19.0 Å². The molecule has 0 aromatic heterocycles. The van der Waals surface area contributed by atoms with Crippen LogP contribution in [0, 0.1) is 23.2 Å². The molecule has 5 unspecified atom stereocenters. The summed E-state index contributed by atoms with van der Waals surface area (Å²) in [6.45, 7) is 1.79. The highest BCUT2D eigenvalue weighted by Gasteiger charge is 2.74. The molecule has 0 aromatic rings. The predicted molar refractivity (Wildman–Crippen MR) is 95.7 cm³/mol. The van der Waals surface area contributed by atoms with Gasteiger partial charge < -0.3 is 14.2 Å². The van der Waals surface area contributed by atoms with E-state index >= 15 is 0 Å². The first kappa shape index (κ1) is 28.0. The Morgan fingerprint density at radius 1 is 0.970 bits per heavy atom. The second-order valence-electron chi connectivity index (χ2n) is 9.37. The number of alkyl halides is 9. The van der Waals surface area contributed by atoms with Crippen molar-refractivity contribution in [3.8, 4) is 0 Å². The molecule has 2 aliphatic carbocycles.